The summed E-state index contributed by atoms with van der Waals surface area (Å²) in [6, 6.07) is 6.75. The highest BCUT2D eigenvalue weighted by molar-refractivity contribution is 6.05. The maximum absolute atomic E-state index is 12.5. The zero-order valence-electron chi connectivity index (χ0n) is 14.3. The van der Waals surface area contributed by atoms with Gasteiger partial charge in [-0.2, -0.15) is 0 Å². The molecule has 1 fully saturated rings. The maximum atomic E-state index is 12.5. The molecule has 0 spiro atoms. The van der Waals surface area contributed by atoms with Crippen LogP contribution in [0.15, 0.2) is 24.3 Å². The van der Waals surface area contributed by atoms with Gasteiger partial charge in [-0.3, -0.25) is 14.4 Å². The van der Waals surface area contributed by atoms with Crippen molar-refractivity contribution in [2.45, 2.75) is 6.42 Å². The van der Waals surface area contributed by atoms with Crippen molar-refractivity contribution in [3.05, 3.63) is 29.8 Å². The molecule has 1 heterocycles. The standard InChI is InChI=1S/C17H24N4O4/c1-25-9-8-21-11-12(10-15(21)22)16(23)20-14-5-3-2-4-13(14)17(24)19-7-6-18/h2-5,12H,6-11,18H2,1H3,(H,19,24)(H,20,23). The Labute approximate surface area is 146 Å². The summed E-state index contributed by atoms with van der Waals surface area (Å²) in [6.45, 7) is 1.95. The Kier molecular flexibility index (Phi) is 6.91. The minimum Gasteiger partial charge on any atom is -0.383 e. The quantitative estimate of drug-likeness (QED) is 0.602. The molecule has 8 nitrogen and oxygen atoms in total. The zero-order valence-corrected chi connectivity index (χ0v) is 14.3. The largest absolute Gasteiger partial charge is 0.383 e. The number of benzene rings is 1. The van der Waals surface area contributed by atoms with E-state index in [2.05, 4.69) is 10.6 Å². The van der Waals surface area contributed by atoms with Gasteiger partial charge in [0, 0.05) is 39.7 Å². The summed E-state index contributed by atoms with van der Waals surface area (Å²) in [5.41, 5.74) is 6.17. The number of para-hydroxylation sites is 1. The minimum absolute atomic E-state index is 0.0637. The number of carbonyl (C=O) groups excluding carboxylic acids is 3. The number of likely N-dealkylation sites (tertiary alicyclic amines) is 1. The molecule has 0 bridgehead atoms. The predicted molar refractivity (Wildman–Crippen MR) is 93.0 cm³/mol. The summed E-state index contributed by atoms with van der Waals surface area (Å²) in [4.78, 5) is 38.2. The maximum Gasteiger partial charge on any atom is 0.253 e. The highest BCUT2D eigenvalue weighted by Crippen LogP contribution is 2.21. The summed E-state index contributed by atoms with van der Waals surface area (Å²) < 4.78 is 4.97. The van der Waals surface area contributed by atoms with Gasteiger partial charge in [0.2, 0.25) is 11.8 Å². The minimum atomic E-state index is -0.440. The molecule has 4 N–H and O–H groups in total. The molecule has 0 aliphatic carbocycles. The third-order valence-corrected chi connectivity index (χ3v) is 4.01. The fourth-order valence-corrected chi connectivity index (χ4v) is 2.67. The van der Waals surface area contributed by atoms with Crippen LogP contribution in [-0.2, 0) is 14.3 Å². The van der Waals surface area contributed by atoms with Crippen LogP contribution in [0.25, 0.3) is 0 Å². The number of ether oxygens (including phenoxy) is 1. The number of hydrogen-bond donors (Lipinski definition) is 3. The second kappa shape index (κ2) is 9.14. The van der Waals surface area contributed by atoms with E-state index in [9.17, 15) is 14.4 Å². The first-order valence-electron chi connectivity index (χ1n) is 8.21. The summed E-state index contributed by atoms with van der Waals surface area (Å²) in [6.07, 6.45) is 0.164. The van der Waals surface area contributed by atoms with Crippen molar-refractivity contribution in [3.63, 3.8) is 0 Å². The molecule has 1 atom stereocenters. The fourth-order valence-electron chi connectivity index (χ4n) is 2.67. The Bertz CT molecular complexity index is 635. The Morgan fingerprint density at radius 1 is 1.36 bits per heavy atom. The number of carbonyl (C=O) groups is 3. The van der Waals surface area contributed by atoms with Crippen LogP contribution < -0.4 is 16.4 Å². The second-order valence-corrected chi connectivity index (χ2v) is 5.81. The first-order valence-corrected chi connectivity index (χ1v) is 8.21. The molecule has 136 valence electrons. The Hall–Kier alpha value is -2.45. The Morgan fingerprint density at radius 2 is 2.12 bits per heavy atom. The SMILES string of the molecule is COCCN1CC(C(=O)Nc2ccccc2C(=O)NCCN)CC1=O. The lowest BCUT2D eigenvalue weighted by Crippen LogP contribution is -2.32. The molecule has 25 heavy (non-hydrogen) atoms. The van der Waals surface area contributed by atoms with Crippen LogP contribution in [0.4, 0.5) is 5.69 Å². The van der Waals surface area contributed by atoms with E-state index in [1.54, 1.807) is 36.3 Å². The molecular formula is C17H24N4O4. The smallest absolute Gasteiger partial charge is 0.253 e. The third kappa shape index (κ3) is 5.01. The zero-order chi connectivity index (χ0) is 18.2. The number of anilines is 1. The normalized spacial score (nSPS) is 16.8. The third-order valence-electron chi connectivity index (χ3n) is 4.01. The van der Waals surface area contributed by atoms with Crippen LogP contribution in [0.3, 0.4) is 0 Å². The van der Waals surface area contributed by atoms with Crippen LogP contribution >= 0.6 is 0 Å². The number of methoxy groups -OCH3 is 1. The average molecular weight is 348 g/mol. The number of nitrogens with two attached hydrogens (primary N) is 1. The van der Waals surface area contributed by atoms with E-state index in [0.29, 0.717) is 44.0 Å². The topological polar surface area (TPSA) is 114 Å². The van der Waals surface area contributed by atoms with E-state index in [1.807, 2.05) is 0 Å². The molecule has 1 aliphatic heterocycles. The van der Waals surface area contributed by atoms with Gasteiger partial charge in [0.05, 0.1) is 23.8 Å². The van der Waals surface area contributed by atoms with E-state index in [-0.39, 0.29) is 24.1 Å². The molecule has 2 rings (SSSR count). The van der Waals surface area contributed by atoms with E-state index in [4.69, 9.17) is 10.5 Å². The molecule has 1 unspecified atom stereocenters. The molecule has 0 radical (unpaired) electrons. The molecule has 8 heteroatoms. The number of nitrogens with zero attached hydrogens (tertiary/aromatic N) is 1. The van der Waals surface area contributed by atoms with E-state index in [0.717, 1.165) is 0 Å². The van der Waals surface area contributed by atoms with Crippen LogP contribution in [0.5, 0.6) is 0 Å². The summed E-state index contributed by atoms with van der Waals surface area (Å²) in [5.74, 6) is -1.08. The lowest BCUT2D eigenvalue weighted by Gasteiger charge is -2.16. The average Bonchev–Trinajstić information content (AvgIpc) is 2.99. The fraction of sp³-hybridized carbons (Fsp3) is 0.471. The van der Waals surface area contributed by atoms with Crippen molar-refractivity contribution in [3.8, 4) is 0 Å². The number of nitrogens with one attached hydrogen (secondary N) is 2. The highest BCUT2D eigenvalue weighted by Gasteiger charge is 2.34. The van der Waals surface area contributed by atoms with Gasteiger partial charge >= 0.3 is 0 Å². The molecule has 1 aliphatic rings. The van der Waals surface area contributed by atoms with Crippen LogP contribution in [0.1, 0.15) is 16.8 Å². The van der Waals surface area contributed by atoms with Gasteiger partial charge in [-0.25, -0.2) is 0 Å². The van der Waals surface area contributed by atoms with Gasteiger partial charge in [0.15, 0.2) is 0 Å². The number of hydrogen-bond acceptors (Lipinski definition) is 5. The summed E-state index contributed by atoms with van der Waals surface area (Å²) in [5, 5.41) is 5.44. The first-order chi connectivity index (χ1) is 12.1. The van der Waals surface area contributed by atoms with E-state index < -0.39 is 5.92 Å². The van der Waals surface area contributed by atoms with Crippen molar-refractivity contribution in [2.24, 2.45) is 11.7 Å². The Balaban J connectivity index is 2.01. The van der Waals surface area contributed by atoms with Crippen molar-refractivity contribution in [1.82, 2.24) is 10.2 Å². The van der Waals surface area contributed by atoms with Crippen molar-refractivity contribution >= 4 is 23.4 Å². The highest BCUT2D eigenvalue weighted by atomic mass is 16.5. The second-order valence-electron chi connectivity index (χ2n) is 5.81. The van der Waals surface area contributed by atoms with Gasteiger partial charge in [0.25, 0.3) is 5.91 Å². The van der Waals surface area contributed by atoms with Gasteiger partial charge < -0.3 is 26.0 Å². The van der Waals surface area contributed by atoms with E-state index in [1.165, 1.54) is 0 Å². The monoisotopic (exact) mass is 348 g/mol. The molecule has 1 aromatic carbocycles. The molecule has 3 amide bonds. The number of rotatable bonds is 8. The van der Waals surface area contributed by atoms with Crippen molar-refractivity contribution in [2.75, 3.05) is 45.2 Å². The predicted octanol–water partition coefficient (Wildman–Crippen LogP) is -0.191. The van der Waals surface area contributed by atoms with Crippen molar-refractivity contribution in [1.29, 1.82) is 0 Å². The lowest BCUT2D eigenvalue weighted by molar-refractivity contribution is -0.128. The Morgan fingerprint density at radius 3 is 2.84 bits per heavy atom. The van der Waals surface area contributed by atoms with E-state index >= 15 is 0 Å². The molecule has 0 aromatic heterocycles. The van der Waals surface area contributed by atoms with Crippen LogP contribution in [0.2, 0.25) is 0 Å². The molecule has 0 saturated carbocycles. The van der Waals surface area contributed by atoms with Gasteiger partial charge in [0.1, 0.15) is 0 Å². The molecule has 1 saturated heterocycles. The lowest BCUT2D eigenvalue weighted by atomic mass is 10.1. The summed E-state index contributed by atoms with van der Waals surface area (Å²) >= 11 is 0. The van der Waals surface area contributed by atoms with Gasteiger partial charge in [-0.05, 0) is 12.1 Å². The van der Waals surface area contributed by atoms with Crippen LogP contribution in [0, 0.1) is 5.92 Å². The molecular weight excluding hydrogens is 324 g/mol. The summed E-state index contributed by atoms with van der Waals surface area (Å²) in [7, 11) is 1.57. The van der Waals surface area contributed by atoms with Gasteiger partial charge in [-0.15, -0.1) is 0 Å². The first kappa shape index (κ1) is 18.9. The van der Waals surface area contributed by atoms with Gasteiger partial charge in [-0.1, -0.05) is 12.1 Å². The number of amides is 3. The van der Waals surface area contributed by atoms with Crippen LogP contribution in [-0.4, -0.2) is 62.5 Å². The molecule has 1 aromatic rings. The van der Waals surface area contributed by atoms with Crippen molar-refractivity contribution < 1.29 is 19.1 Å².